The molecule has 0 unspecified atom stereocenters. The Kier molecular flexibility index (Phi) is 6.45. The van der Waals surface area contributed by atoms with E-state index in [2.05, 4.69) is 5.32 Å². The van der Waals surface area contributed by atoms with Crippen molar-refractivity contribution in [1.29, 1.82) is 0 Å². The Balaban J connectivity index is 1.77. The summed E-state index contributed by atoms with van der Waals surface area (Å²) < 4.78 is 32.5. The molecule has 2 aromatic carbocycles. The first kappa shape index (κ1) is 20.7. The number of rotatable bonds is 7. The summed E-state index contributed by atoms with van der Waals surface area (Å²) in [4.78, 5) is 22.5. The minimum Gasteiger partial charge on any atom is -0.487 e. The number of hydrogen-bond acceptors (Lipinski definition) is 7. The van der Waals surface area contributed by atoms with Gasteiger partial charge in [-0.25, -0.2) is 13.1 Å². The average Bonchev–Trinajstić information content (AvgIpc) is 2.73. The van der Waals surface area contributed by atoms with Gasteiger partial charge in [0.2, 0.25) is 0 Å². The van der Waals surface area contributed by atoms with Gasteiger partial charge in [0, 0.05) is 11.6 Å². The zero-order chi connectivity index (χ0) is 20.9. The van der Waals surface area contributed by atoms with E-state index in [1.54, 1.807) is 18.2 Å². The van der Waals surface area contributed by atoms with Crippen LogP contribution in [0.25, 0.3) is 0 Å². The Morgan fingerprint density at radius 3 is 2.52 bits per heavy atom. The number of benzene rings is 2. The largest absolute Gasteiger partial charge is 0.487 e. The maximum atomic E-state index is 12.5. The molecule has 1 heterocycles. The minimum atomic E-state index is -4.28. The van der Waals surface area contributed by atoms with Crippen LogP contribution in [-0.4, -0.2) is 38.9 Å². The van der Waals surface area contributed by atoms with Crippen molar-refractivity contribution in [3.63, 3.8) is 0 Å². The highest BCUT2D eigenvalue weighted by molar-refractivity contribution is 7.90. The Labute approximate surface area is 168 Å². The van der Waals surface area contributed by atoms with E-state index in [4.69, 9.17) is 4.74 Å². The summed E-state index contributed by atoms with van der Waals surface area (Å²) in [6, 6.07) is 11.2. The van der Waals surface area contributed by atoms with Crippen LogP contribution in [0.15, 0.2) is 53.4 Å². The van der Waals surface area contributed by atoms with Gasteiger partial charge in [-0.1, -0.05) is 18.2 Å². The molecule has 9 nitrogen and oxygen atoms in total. The van der Waals surface area contributed by atoms with Crippen molar-refractivity contribution in [2.75, 3.05) is 19.7 Å². The molecule has 0 saturated carbocycles. The highest BCUT2D eigenvalue weighted by atomic mass is 32.2. The van der Waals surface area contributed by atoms with Crippen molar-refractivity contribution in [2.45, 2.75) is 17.7 Å². The predicted octanol–water partition coefficient (Wildman–Crippen LogP) is 2.09. The Morgan fingerprint density at radius 2 is 1.86 bits per heavy atom. The van der Waals surface area contributed by atoms with E-state index in [1.165, 1.54) is 24.3 Å². The molecule has 2 aromatic rings. The standard InChI is InChI=1S/C19H21N3O6S/c23-19(15-4-2-1-3-5-15)21-29(26,27)16-6-7-18(17(12-16)22(24)25)28-13-14-8-10-20-11-9-14/h1-7,12,14,20H,8-11,13H2,(H,21,23). The van der Waals surface area contributed by atoms with Crippen molar-refractivity contribution < 1.29 is 22.9 Å². The van der Waals surface area contributed by atoms with Crippen LogP contribution >= 0.6 is 0 Å². The van der Waals surface area contributed by atoms with Crippen molar-refractivity contribution in [3.05, 3.63) is 64.2 Å². The van der Waals surface area contributed by atoms with Gasteiger partial charge in [0.25, 0.3) is 15.9 Å². The van der Waals surface area contributed by atoms with Crippen molar-refractivity contribution >= 4 is 21.6 Å². The third-order valence-electron chi connectivity index (χ3n) is 4.63. The van der Waals surface area contributed by atoms with Crippen LogP contribution in [0, 0.1) is 16.0 Å². The number of hydrogen-bond donors (Lipinski definition) is 2. The molecule has 2 N–H and O–H groups in total. The molecular weight excluding hydrogens is 398 g/mol. The van der Waals surface area contributed by atoms with Crippen LogP contribution in [0.1, 0.15) is 23.2 Å². The summed E-state index contributed by atoms with van der Waals surface area (Å²) >= 11 is 0. The smallest absolute Gasteiger partial charge is 0.312 e. The monoisotopic (exact) mass is 419 g/mol. The lowest BCUT2D eigenvalue weighted by Gasteiger charge is -2.22. The minimum absolute atomic E-state index is 0.00173. The molecule has 0 atom stereocenters. The summed E-state index contributed by atoms with van der Waals surface area (Å²) in [7, 11) is -4.28. The highest BCUT2D eigenvalue weighted by Gasteiger charge is 2.25. The molecule has 154 valence electrons. The van der Waals surface area contributed by atoms with Gasteiger partial charge in [-0.3, -0.25) is 14.9 Å². The molecule has 0 spiro atoms. The second-order valence-electron chi connectivity index (χ2n) is 6.69. The van der Waals surface area contributed by atoms with E-state index >= 15 is 0 Å². The summed E-state index contributed by atoms with van der Waals surface area (Å²) in [6.45, 7) is 2.06. The van der Waals surface area contributed by atoms with Gasteiger partial charge in [-0.2, -0.15) is 0 Å². The zero-order valence-electron chi connectivity index (χ0n) is 15.5. The maximum Gasteiger partial charge on any atom is 0.312 e. The normalized spacial score (nSPS) is 14.9. The second kappa shape index (κ2) is 9.01. The Bertz CT molecular complexity index is 988. The lowest BCUT2D eigenvalue weighted by molar-refractivity contribution is -0.386. The topological polar surface area (TPSA) is 128 Å². The van der Waals surface area contributed by atoms with E-state index in [-0.39, 0.29) is 22.1 Å². The molecule has 1 fully saturated rings. The molecule has 1 aliphatic rings. The number of nitrogens with zero attached hydrogens (tertiary/aromatic N) is 1. The number of amides is 1. The first-order valence-corrected chi connectivity index (χ1v) is 10.6. The number of nitro groups is 1. The lowest BCUT2D eigenvalue weighted by Crippen LogP contribution is -2.31. The molecule has 29 heavy (non-hydrogen) atoms. The van der Waals surface area contributed by atoms with Gasteiger partial charge in [-0.05, 0) is 56.1 Å². The number of carbonyl (C=O) groups excluding carboxylic acids is 1. The van der Waals surface area contributed by atoms with Gasteiger partial charge in [-0.15, -0.1) is 0 Å². The molecule has 0 aliphatic carbocycles. The molecule has 3 rings (SSSR count). The number of carbonyl (C=O) groups is 1. The van der Waals surface area contributed by atoms with E-state index in [1.807, 2.05) is 4.72 Å². The predicted molar refractivity (Wildman–Crippen MR) is 105 cm³/mol. The Hall–Kier alpha value is -2.98. The number of piperidine rings is 1. The Morgan fingerprint density at radius 1 is 1.17 bits per heavy atom. The summed E-state index contributed by atoms with van der Waals surface area (Å²) in [5.74, 6) is -0.536. The molecule has 1 aliphatic heterocycles. The fraction of sp³-hybridized carbons (Fsp3) is 0.316. The molecule has 0 aromatic heterocycles. The zero-order valence-corrected chi connectivity index (χ0v) is 16.4. The fourth-order valence-electron chi connectivity index (χ4n) is 3.01. The van der Waals surface area contributed by atoms with Gasteiger partial charge < -0.3 is 10.1 Å². The number of ether oxygens (including phenoxy) is 1. The van der Waals surface area contributed by atoms with E-state index in [0.717, 1.165) is 32.0 Å². The number of nitro benzene ring substituents is 1. The molecule has 10 heteroatoms. The van der Waals surface area contributed by atoms with Crippen molar-refractivity contribution in [1.82, 2.24) is 10.0 Å². The third kappa shape index (κ3) is 5.30. The van der Waals surface area contributed by atoms with Gasteiger partial charge >= 0.3 is 5.69 Å². The second-order valence-corrected chi connectivity index (χ2v) is 8.37. The first-order chi connectivity index (χ1) is 13.9. The molecule has 0 radical (unpaired) electrons. The van der Waals surface area contributed by atoms with Crippen molar-refractivity contribution in [3.8, 4) is 5.75 Å². The SMILES string of the molecule is O=C(NS(=O)(=O)c1ccc(OCC2CCNCC2)c([N+](=O)[O-])c1)c1ccccc1. The first-order valence-electron chi connectivity index (χ1n) is 9.11. The van der Waals surface area contributed by atoms with Crippen LogP contribution in [0.5, 0.6) is 5.75 Å². The molecule has 1 saturated heterocycles. The van der Waals surface area contributed by atoms with Crippen LogP contribution in [-0.2, 0) is 10.0 Å². The third-order valence-corrected chi connectivity index (χ3v) is 5.96. The van der Waals surface area contributed by atoms with Gasteiger partial charge in [0.1, 0.15) is 0 Å². The lowest BCUT2D eigenvalue weighted by atomic mass is 9.99. The van der Waals surface area contributed by atoms with E-state index in [9.17, 15) is 23.3 Å². The quantitative estimate of drug-likeness (QED) is 0.519. The maximum absolute atomic E-state index is 12.5. The molecule has 0 bridgehead atoms. The molecular formula is C19H21N3O6S. The summed E-state index contributed by atoms with van der Waals surface area (Å²) in [5, 5.41) is 14.7. The van der Waals surface area contributed by atoms with Gasteiger partial charge in [0.15, 0.2) is 5.75 Å². The van der Waals surface area contributed by atoms with Gasteiger partial charge in [0.05, 0.1) is 16.4 Å². The van der Waals surface area contributed by atoms with Crippen molar-refractivity contribution in [2.24, 2.45) is 5.92 Å². The highest BCUT2D eigenvalue weighted by Crippen LogP contribution is 2.30. The van der Waals surface area contributed by atoms with Crippen LogP contribution in [0.4, 0.5) is 5.69 Å². The number of nitrogens with one attached hydrogen (secondary N) is 2. The summed E-state index contributed by atoms with van der Waals surface area (Å²) in [6.07, 6.45) is 1.82. The van der Waals surface area contributed by atoms with Crippen LogP contribution < -0.4 is 14.8 Å². The van der Waals surface area contributed by atoms with E-state index in [0.29, 0.717) is 6.61 Å². The van der Waals surface area contributed by atoms with Crippen LogP contribution in [0.3, 0.4) is 0 Å². The van der Waals surface area contributed by atoms with Crippen LogP contribution in [0.2, 0.25) is 0 Å². The molecule has 1 amide bonds. The average molecular weight is 419 g/mol. The summed E-state index contributed by atoms with van der Waals surface area (Å²) in [5.41, 5.74) is -0.304. The number of sulfonamides is 1. The fourth-order valence-corrected chi connectivity index (χ4v) is 4.01. The van der Waals surface area contributed by atoms with E-state index < -0.39 is 26.5 Å².